The average molecular weight is 156 g/mol. The van der Waals surface area contributed by atoms with Crippen LogP contribution >= 0.6 is 0 Å². The molecule has 0 spiro atoms. The normalized spacial score (nSPS) is 10.9. The van der Waals surface area contributed by atoms with E-state index in [1.165, 1.54) is 38.9 Å². The minimum absolute atomic E-state index is 1.17. The van der Waals surface area contributed by atoms with Gasteiger partial charge in [0, 0.05) is 6.54 Å². The molecule has 0 rings (SSSR count). The van der Waals surface area contributed by atoms with E-state index in [-0.39, 0.29) is 0 Å². The Labute approximate surface area is 71.8 Å². The van der Waals surface area contributed by atoms with Crippen LogP contribution in [0.2, 0.25) is 0 Å². The van der Waals surface area contributed by atoms with Gasteiger partial charge in [-0.05, 0) is 25.9 Å². The first-order valence-corrected chi connectivity index (χ1v) is 4.89. The molecule has 0 heterocycles. The maximum atomic E-state index is 2.44. The van der Waals surface area contributed by atoms with E-state index in [0.29, 0.717) is 0 Å². The summed E-state index contributed by atoms with van der Waals surface area (Å²) in [5.74, 6) is 0. The molecule has 0 aliphatic carbocycles. The Morgan fingerprint density at radius 3 is 2.18 bits per heavy atom. The molecule has 0 unspecified atom stereocenters. The molecule has 0 bridgehead atoms. The van der Waals surface area contributed by atoms with Crippen molar-refractivity contribution in [3.63, 3.8) is 0 Å². The topological polar surface area (TPSA) is 3.24 Å². The number of hydrogen-bond donors (Lipinski definition) is 0. The molecule has 0 aromatic heterocycles. The summed E-state index contributed by atoms with van der Waals surface area (Å²) in [5.41, 5.74) is 0. The fourth-order valence-electron chi connectivity index (χ4n) is 1.10. The SMILES string of the molecule is CCCC[CH]CN(CC)CC. The highest BCUT2D eigenvalue weighted by Gasteiger charge is 1.96. The number of unbranched alkanes of at least 4 members (excludes halogenated alkanes) is 3. The molecule has 0 fully saturated rings. The van der Waals surface area contributed by atoms with Gasteiger partial charge in [0.05, 0.1) is 0 Å². The van der Waals surface area contributed by atoms with Gasteiger partial charge in [-0.15, -0.1) is 0 Å². The van der Waals surface area contributed by atoms with Crippen LogP contribution in [0.5, 0.6) is 0 Å². The summed E-state index contributed by atoms with van der Waals surface area (Å²) in [7, 11) is 0. The molecule has 1 nitrogen and oxygen atoms in total. The predicted octanol–water partition coefficient (Wildman–Crippen LogP) is 2.72. The second-order valence-corrected chi connectivity index (χ2v) is 2.92. The average Bonchev–Trinajstić information content (AvgIpc) is 2.05. The van der Waals surface area contributed by atoms with Crippen LogP contribution in [0.15, 0.2) is 0 Å². The van der Waals surface area contributed by atoms with Gasteiger partial charge in [0.15, 0.2) is 0 Å². The van der Waals surface area contributed by atoms with E-state index in [1.807, 2.05) is 0 Å². The Hall–Kier alpha value is -0.0400. The van der Waals surface area contributed by atoms with E-state index in [1.54, 1.807) is 0 Å². The molecule has 0 aromatic carbocycles. The van der Waals surface area contributed by atoms with Crippen LogP contribution in [0, 0.1) is 6.42 Å². The molecule has 0 aliphatic rings. The van der Waals surface area contributed by atoms with Gasteiger partial charge < -0.3 is 4.90 Å². The van der Waals surface area contributed by atoms with Crippen molar-refractivity contribution < 1.29 is 0 Å². The van der Waals surface area contributed by atoms with E-state index in [4.69, 9.17) is 0 Å². The van der Waals surface area contributed by atoms with Crippen LogP contribution in [0.4, 0.5) is 0 Å². The van der Waals surface area contributed by atoms with Gasteiger partial charge in [0.2, 0.25) is 0 Å². The summed E-state index contributed by atoms with van der Waals surface area (Å²) >= 11 is 0. The Morgan fingerprint density at radius 2 is 1.73 bits per heavy atom. The zero-order chi connectivity index (χ0) is 8.53. The highest BCUT2D eigenvalue weighted by atomic mass is 15.1. The van der Waals surface area contributed by atoms with E-state index in [0.717, 1.165) is 0 Å². The minimum Gasteiger partial charge on any atom is -0.304 e. The lowest BCUT2D eigenvalue weighted by molar-refractivity contribution is 0.324. The first kappa shape index (κ1) is 11.0. The van der Waals surface area contributed by atoms with Crippen LogP contribution in [0.3, 0.4) is 0 Å². The van der Waals surface area contributed by atoms with Crippen molar-refractivity contribution in [2.45, 2.75) is 40.0 Å². The first-order valence-electron chi connectivity index (χ1n) is 4.89. The van der Waals surface area contributed by atoms with Gasteiger partial charge in [0.25, 0.3) is 0 Å². The fraction of sp³-hybridized carbons (Fsp3) is 0.900. The van der Waals surface area contributed by atoms with Crippen molar-refractivity contribution in [3.8, 4) is 0 Å². The molecule has 11 heavy (non-hydrogen) atoms. The standard InChI is InChI=1S/C10H22N/c1-4-7-8-9-10-11(5-2)6-3/h9H,4-8,10H2,1-3H3. The number of rotatable bonds is 7. The molecule has 0 amide bonds. The van der Waals surface area contributed by atoms with Gasteiger partial charge in [-0.25, -0.2) is 0 Å². The second-order valence-electron chi connectivity index (χ2n) is 2.92. The largest absolute Gasteiger partial charge is 0.304 e. The smallest absolute Gasteiger partial charge is 0.00126 e. The summed E-state index contributed by atoms with van der Waals surface area (Å²) in [6.07, 6.45) is 6.35. The van der Waals surface area contributed by atoms with Crippen LogP contribution < -0.4 is 0 Å². The Kier molecular flexibility index (Phi) is 8.03. The molecule has 0 aliphatic heterocycles. The van der Waals surface area contributed by atoms with Crippen molar-refractivity contribution in [2.75, 3.05) is 19.6 Å². The molecule has 0 atom stereocenters. The van der Waals surface area contributed by atoms with E-state index < -0.39 is 0 Å². The van der Waals surface area contributed by atoms with Crippen molar-refractivity contribution in [2.24, 2.45) is 0 Å². The predicted molar refractivity (Wildman–Crippen MR) is 51.6 cm³/mol. The summed E-state index contributed by atoms with van der Waals surface area (Å²) in [4.78, 5) is 2.44. The molecular weight excluding hydrogens is 134 g/mol. The Balaban J connectivity index is 3.07. The van der Waals surface area contributed by atoms with Gasteiger partial charge >= 0.3 is 0 Å². The lowest BCUT2D eigenvalue weighted by Crippen LogP contribution is -2.24. The van der Waals surface area contributed by atoms with Gasteiger partial charge in [0.1, 0.15) is 0 Å². The summed E-state index contributed by atoms with van der Waals surface area (Å²) in [6, 6.07) is 0. The van der Waals surface area contributed by atoms with Crippen molar-refractivity contribution in [3.05, 3.63) is 6.42 Å². The lowest BCUT2D eigenvalue weighted by atomic mass is 10.2. The minimum atomic E-state index is 1.17. The quantitative estimate of drug-likeness (QED) is 0.512. The van der Waals surface area contributed by atoms with Crippen molar-refractivity contribution in [1.29, 1.82) is 0 Å². The number of nitrogens with zero attached hydrogens (tertiary/aromatic N) is 1. The van der Waals surface area contributed by atoms with Gasteiger partial charge in [-0.1, -0.05) is 33.6 Å². The Morgan fingerprint density at radius 1 is 1.09 bits per heavy atom. The first-order chi connectivity index (χ1) is 5.35. The molecule has 1 radical (unpaired) electrons. The maximum Gasteiger partial charge on any atom is 0.00126 e. The third kappa shape index (κ3) is 6.36. The molecular formula is C10H22N. The van der Waals surface area contributed by atoms with Crippen LogP contribution in [0.25, 0.3) is 0 Å². The molecule has 0 saturated carbocycles. The summed E-state index contributed by atoms with van der Waals surface area (Å²) in [6.45, 7) is 10.2. The van der Waals surface area contributed by atoms with Crippen molar-refractivity contribution in [1.82, 2.24) is 4.90 Å². The Bertz CT molecular complexity index is 67.3. The summed E-state index contributed by atoms with van der Waals surface area (Å²) in [5, 5.41) is 0. The highest BCUT2D eigenvalue weighted by Crippen LogP contribution is 1.99. The van der Waals surface area contributed by atoms with Crippen LogP contribution in [-0.4, -0.2) is 24.5 Å². The second kappa shape index (κ2) is 8.06. The monoisotopic (exact) mass is 156 g/mol. The molecule has 1 heteroatoms. The van der Waals surface area contributed by atoms with E-state index in [9.17, 15) is 0 Å². The third-order valence-electron chi connectivity index (χ3n) is 2.04. The molecule has 0 N–H and O–H groups in total. The highest BCUT2D eigenvalue weighted by molar-refractivity contribution is 4.69. The zero-order valence-corrected chi connectivity index (χ0v) is 8.27. The maximum absolute atomic E-state index is 2.44. The van der Waals surface area contributed by atoms with Crippen LogP contribution in [0.1, 0.15) is 40.0 Å². The fourth-order valence-corrected chi connectivity index (χ4v) is 1.10. The molecule has 0 aromatic rings. The van der Waals surface area contributed by atoms with Gasteiger partial charge in [-0.2, -0.15) is 0 Å². The van der Waals surface area contributed by atoms with Crippen LogP contribution in [-0.2, 0) is 0 Å². The van der Waals surface area contributed by atoms with Crippen molar-refractivity contribution >= 4 is 0 Å². The number of hydrogen-bond acceptors (Lipinski definition) is 1. The van der Waals surface area contributed by atoms with E-state index >= 15 is 0 Å². The van der Waals surface area contributed by atoms with E-state index in [2.05, 4.69) is 32.1 Å². The third-order valence-corrected chi connectivity index (χ3v) is 2.04. The zero-order valence-electron chi connectivity index (χ0n) is 8.27. The molecule has 0 saturated heterocycles. The summed E-state index contributed by atoms with van der Waals surface area (Å²) < 4.78 is 0. The molecule has 67 valence electrons. The van der Waals surface area contributed by atoms with Gasteiger partial charge in [-0.3, -0.25) is 0 Å². The lowest BCUT2D eigenvalue weighted by Gasteiger charge is -2.16.